The molecule has 2 atom stereocenters. The van der Waals surface area contributed by atoms with Crippen LogP contribution in [-0.2, 0) is 19.8 Å². The molecular formula is C24H24F4N2O5. The van der Waals surface area contributed by atoms with Crippen LogP contribution in [0.3, 0.4) is 0 Å². The number of amides is 1. The molecule has 1 aliphatic heterocycles. The zero-order valence-electron chi connectivity index (χ0n) is 19.4. The molecule has 35 heavy (non-hydrogen) atoms. The standard InChI is InChI=1S/C24H24F4N2O5/c1-13-17-10-15(6-7-16(17)20(11-31)35-30-13)29-21(32)23(33,24(26,27)28)12-22(2,3)14-5-8-18(25)19(9-14)34-4/h5-11,20,33H,12H2,1-4H3,(H,29,32). The molecule has 0 saturated heterocycles. The zero-order valence-corrected chi connectivity index (χ0v) is 19.4. The molecule has 0 spiro atoms. The number of hydrogen-bond donors (Lipinski definition) is 2. The van der Waals surface area contributed by atoms with Crippen LogP contribution in [0.1, 0.15) is 50.0 Å². The Hall–Kier alpha value is -3.47. The first-order valence-electron chi connectivity index (χ1n) is 10.5. The lowest BCUT2D eigenvalue weighted by atomic mass is 9.74. The van der Waals surface area contributed by atoms with Crippen LogP contribution in [-0.4, -0.2) is 41.9 Å². The maximum absolute atomic E-state index is 14.1. The third-order valence-corrected chi connectivity index (χ3v) is 5.91. The fourth-order valence-electron chi connectivity index (χ4n) is 3.90. The molecule has 1 aliphatic rings. The van der Waals surface area contributed by atoms with Gasteiger partial charge < -0.3 is 20.0 Å². The van der Waals surface area contributed by atoms with E-state index >= 15 is 0 Å². The van der Waals surface area contributed by atoms with Gasteiger partial charge in [0.15, 0.2) is 17.9 Å². The maximum Gasteiger partial charge on any atom is 0.426 e. The predicted molar refractivity (Wildman–Crippen MR) is 119 cm³/mol. The lowest BCUT2D eigenvalue weighted by Crippen LogP contribution is -2.57. The summed E-state index contributed by atoms with van der Waals surface area (Å²) >= 11 is 0. The van der Waals surface area contributed by atoms with Crippen LogP contribution in [0.4, 0.5) is 23.2 Å². The van der Waals surface area contributed by atoms with Crippen LogP contribution in [0.25, 0.3) is 0 Å². The summed E-state index contributed by atoms with van der Waals surface area (Å²) in [6.45, 7) is 4.35. The van der Waals surface area contributed by atoms with Crippen molar-refractivity contribution in [2.24, 2.45) is 5.16 Å². The van der Waals surface area contributed by atoms with Crippen LogP contribution in [0.5, 0.6) is 5.75 Å². The molecule has 0 bridgehead atoms. The highest BCUT2D eigenvalue weighted by Gasteiger charge is 2.61. The van der Waals surface area contributed by atoms with Crippen LogP contribution in [0.15, 0.2) is 41.6 Å². The highest BCUT2D eigenvalue weighted by molar-refractivity contribution is 6.04. The molecule has 0 saturated carbocycles. The number of carbonyl (C=O) groups is 2. The first-order valence-corrected chi connectivity index (χ1v) is 10.5. The van der Waals surface area contributed by atoms with Crippen LogP contribution in [0, 0.1) is 5.82 Å². The number of methoxy groups -OCH3 is 1. The van der Waals surface area contributed by atoms with Crippen molar-refractivity contribution >= 4 is 23.6 Å². The van der Waals surface area contributed by atoms with Gasteiger partial charge >= 0.3 is 6.18 Å². The van der Waals surface area contributed by atoms with Gasteiger partial charge in [-0.2, -0.15) is 13.2 Å². The molecule has 11 heteroatoms. The minimum atomic E-state index is -5.33. The van der Waals surface area contributed by atoms with Crippen molar-refractivity contribution in [3.05, 3.63) is 58.9 Å². The Bertz CT molecular complexity index is 1180. The van der Waals surface area contributed by atoms with Crippen molar-refractivity contribution in [2.45, 2.75) is 50.5 Å². The van der Waals surface area contributed by atoms with E-state index < -0.39 is 41.4 Å². The summed E-state index contributed by atoms with van der Waals surface area (Å²) in [5, 5.41) is 16.6. The Morgan fingerprint density at radius 3 is 2.51 bits per heavy atom. The number of anilines is 1. The number of oxime groups is 1. The number of hydrogen-bond acceptors (Lipinski definition) is 6. The normalized spacial score (nSPS) is 17.4. The summed E-state index contributed by atoms with van der Waals surface area (Å²) in [4.78, 5) is 29.1. The number of ether oxygens (including phenoxy) is 1. The van der Waals surface area contributed by atoms with E-state index in [9.17, 15) is 32.3 Å². The topological polar surface area (TPSA) is 97.2 Å². The second kappa shape index (κ2) is 9.29. The van der Waals surface area contributed by atoms with Crippen LogP contribution < -0.4 is 10.1 Å². The van der Waals surface area contributed by atoms with Crippen molar-refractivity contribution in [2.75, 3.05) is 12.4 Å². The van der Waals surface area contributed by atoms with Gasteiger partial charge in [0.05, 0.1) is 12.8 Å². The number of halogens is 4. The van der Waals surface area contributed by atoms with Gasteiger partial charge in [-0.15, -0.1) is 0 Å². The summed E-state index contributed by atoms with van der Waals surface area (Å²) in [6, 6.07) is 7.59. The average molecular weight is 496 g/mol. The van der Waals surface area contributed by atoms with Gasteiger partial charge in [0.25, 0.3) is 5.91 Å². The Morgan fingerprint density at radius 1 is 1.23 bits per heavy atom. The van der Waals surface area contributed by atoms with E-state index in [1.807, 2.05) is 0 Å². The summed E-state index contributed by atoms with van der Waals surface area (Å²) in [6.07, 6.45) is -6.86. The number of fused-ring (bicyclic) bond motifs is 1. The molecule has 7 nitrogen and oxygen atoms in total. The van der Waals surface area contributed by atoms with Gasteiger partial charge in [0, 0.05) is 23.2 Å². The average Bonchev–Trinajstić information content (AvgIpc) is 2.78. The number of aldehydes is 1. The quantitative estimate of drug-likeness (QED) is 0.437. The number of nitrogens with one attached hydrogen (secondary N) is 1. The van der Waals surface area contributed by atoms with E-state index in [2.05, 4.69) is 10.5 Å². The Balaban J connectivity index is 1.94. The highest BCUT2D eigenvalue weighted by Crippen LogP contribution is 2.43. The molecule has 2 aromatic carbocycles. The molecular weight excluding hydrogens is 472 g/mol. The molecule has 3 rings (SSSR count). The van der Waals surface area contributed by atoms with Gasteiger partial charge in [0.2, 0.25) is 11.7 Å². The van der Waals surface area contributed by atoms with Crippen LogP contribution in [0.2, 0.25) is 0 Å². The second-order valence-corrected chi connectivity index (χ2v) is 8.86. The van der Waals surface area contributed by atoms with E-state index in [0.29, 0.717) is 23.1 Å². The lowest BCUT2D eigenvalue weighted by molar-refractivity contribution is -0.254. The number of benzene rings is 2. The fraction of sp³-hybridized carbons (Fsp3) is 0.375. The molecule has 188 valence electrons. The monoisotopic (exact) mass is 496 g/mol. The van der Waals surface area contributed by atoms with E-state index in [1.165, 1.54) is 51.3 Å². The van der Waals surface area contributed by atoms with E-state index in [4.69, 9.17) is 9.57 Å². The van der Waals surface area contributed by atoms with Crippen molar-refractivity contribution < 1.29 is 41.8 Å². The van der Waals surface area contributed by atoms with Crippen molar-refractivity contribution in [1.82, 2.24) is 0 Å². The molecule has 1 amide bonds. The SMILES string of the molecule is COc1cc(C(C)(C)CC(O)(C(=O)Nc2ccc3c(c2)C(C)=NOC3C=O)C(F)(F)F)ccc1F. The Morgan fingerprint density at radius 2 is 1.91 bits per heavy atom. The fourth-order valence-corrected chi connectivity index (χ4v) is 3.90. The Kier molecular flexibility index (Phi) is 6.94. The van der Waals surface area contributed by atoms with Crippen LogP contribution >= 0.6 is 0 Å². The predicted octanol–water partition coefficient (Wildman–Crippen LogP) is 4.43. The molecule has 2 unspecified atom stereocenters. The summed E-state index contributed by atoms with van der Waals surface area (Å²) in [5.41, 5.74) is -3.83. The third kappa shape index (κ3) is 5.00. The molecule has 2 aromatic rings. The van der Waals surface area contributed by atoms with Crippen molar-refractivity contribution in [1.29, 1.82) is 0 Å². The minimum Gasteiger partial charge on any atom is -0.494 e. The Labute approximate surface area is 198 Å². The van der Waals surface area contributed by atoms with Gasteiger partial charge in [-0.05, 0) is 42.2 Å². The summed E-state index contributed by atoms with van der Waals surface area (Å²) < 4.78 is 60.9. The van der Waals surface area contributed by atoms with Gasteiger partial charge in [-0.3, -0.25) is 9.59 Å². The third-order valence-electron chi connectivity index (χ3n) is 5.91. The van der Waals surface area contributed by atoms with E-state index in [0.717, 1.165) is 6.07 Å². The lowest BCUT2D eigenvalue weighted by Gasteiger charge is -2.37. The molecule has 2 N–H and O–H groups in total. The number of nitrogens with zero attached hydrogens (tertiary/aromatic N) is 1. The molecule has 0 aliphatic carbocycles. The molecule has 1 heterocycles. The van der Waals surface area contributed by atoms with Crippen molar-refractivity contribution in [3.8, 4) is 5.75 Å². The van der Waals surface area contributed by atoms with Crippen molar-refractivity contribution in [3.63, 3.8) is 0 Å². The number of rotatable bonds is 7. The minimum absolute atomic E-state index is 0.0428. The summed E-state index contributed by atoms with van der Waals surface area (Å²) in [7, 11) is 1.21. The maximum atomic E-state index is 14.1. The first-order chi connectivity index (χ1) is 16.2. The van der Waals surface area contributed by atoms with E-state index in [1.54, 1.807) is 6.92 Å². The number of alkyl halides is 3. The highest BCUT2D eigenvalue weighted by atomic mass is 19.4. The smallest absolute Gasteiger partial charge is 0.426 e. The van der Waals surface area contributed by atoms with Gasteiger partial charge in [-0.1, -0.05) is 31.1 Å². The summed E-state index contributed by atoms with van der Waals surface area (Å²) in [5.74, 6) is -2.58. The van der Waals surface area contributed by atoms with Gasteiger partial charge in [-0.25, -0.2) is 4.39 Å². The molecule has 0 fully saturated rings. The number of carbonyl (C=O) groups excluding carboxylic acids is 2. The first kappa shape index (κ1) is 26.1. The molecule has 0 aromatic heterocycles. The zero-order chi connectivity index (χ0) is 26.2. The van der Waals surface area contributed by atoms with E-state index in [-0.39, 0.29) is 17.0 Å². The largest absolute Gasteiger partial charge is 0.494 e. The van der Waals surface area contributed by atoms with Gasteiger partial charge in [0.1, 0.15) is 0 Å². The second-order valence-electron chi connectivity index (χ2n) is 8.86. The number of aliphatic hydroxyl groups is 1. The molecule has 0 radical (unpaired) electrons.